The maximum Gasteiger partial charge on any atom is 0.123 e. The van der Waals surface area contributed by atoms with Crippen LogP contribution in [0.4, 0.5) is 0 Å². The van der Waals surface area contributed by atoms with E-state index in [1.54, 1.807) is 7.11 Å². The van der Waals surface area contributed by atoms with Crippen molar-refractivity contribution in [2.24, 2.45) is 5.73 Å². The first-order valence-electron chi connectivity index (χ1n) is 8.07. The molecule has 0 aliphatic carbocycles. The number of piperidine rings is 1. The highest BCUT2D eigenvalue weighted by Crippen LogP contribution is 2.25. The Bertz CT molecular complexity index is 430. The van der Waals surface area contributed by atoms with Crippen LogP contribution in [-0.4, -0.2) is 38.2 Å². The van der Waals surface area contributed by atoms with Gasteiger partial charge in [-0.2, -0.15) is 0 Å². The molecule has 1 heterocycles. The molecule has 1 saturated heterocycles. The Morgan fingerprint density at radius 3 is 2.71 bits per heavy atom. The van der Waals surface area contributed by atoms with Gasteiger partial charge < -0.3 is 15.8 Å². The van der Waals surface area contributed by atoms with E-state index in [1.165, 1.54) is 43.5 Å². The van der Waals surface area contributed by atoms with E-state index in [0.29, 0.717) is 12.6 Å². The summed E-state index contributed by atoms with van der Waals surface area (Å²) >= 11 is 0. The van der Waals surface area contributed by atoms with Crippen molar-refractivity contribution in [1.82, 2.24) is 10.2 Å². The predicted molar refractivity (Wildman–Crippen MR) is 87.6 cm³/mol. The Balaban J connectivity index is 2.09. The molecule has 0 amide bonds. The number of hydrogen-bond acceptors (Lipinski definition) is 4. The normalized spacial score (nSPS) is 17.7. The van der Waals surface area contributed by atoms with E-state index in [-0.39, 0.29) is 0 Å². The monoisotopic (exact) mass is 291 g/mol. The highest BCUT2D eigenvalue weighted by atomic mass is 16.5. The zero-order valence-corrected chi connectivity index (χ0v) is 13.4. The molecule has 1 fully saturated rings. The van der Waals surface area contributed by atoms with Crippen molar-refractivity contribution in [3.05, 3.63) is 29.3 Å². The number of nitrogens with one attached hydrogen (secondary N) is 1. The SMILES string of the molecule is COc1ccc(C(C)NCCN)cc1CN1CCCCC1. The minimum Gasteiger partial charge on any atom is -0.496 e. The van der Waals surface area contributed by atoms with Crippen molar-refractivity contribution in [1.29, 1.82) is 0 Å². The van der Waals surface area contributed by atoms with Crippen molar-refractivity contribution >= 4 is 0 Å². The summed E-state index contributed by atoms with van der Waals surface area (Å²) in [6.45, 7) is 7.08. The number of rotatable bonds is 7. The van der Waals surface area contributed by atoms with Crippen LogP contribution < -0.4 is 15.8 Å². The van der Waals surface area contributed by atoms with Crippen molar-refractivity contribution < 1.29 is 4.74 Å². The van der Waals surface area contributed by atoms with Crippen LogP contribution in [0, 0.1) is 0 Å². The van der Waals surface area contributed by atoms with E-state index >= 15 is 0 Å². The van der Waals surface area contributed by atoms with Crippen LogP contribution in [0.25, 0.3) is 0 Å². The van der Waals surface area contributed by atoms with Crippen molar-refractivity contribution in [3.63, 3.8) is 0 Å². The molecule has 0 aromatic heterocycles. The molecule has 118 valence electrons. The minimum absolute atomic E-state index is 0.319. The summed E-state index contributed by atoms with van der Waals surface area (Å²) in [6.07, 6.45) is 4.00. The van der Waals surface area contributed by atoms with Gasteiger partial charge in [0.05, 0.1) is 7.11 Å². The summed E-state index contributed by atoms with van der Waals surface area (Å²) in [4.78, 5) is 2.53. The van der Waals surface area contributed by atoms with Gasteiger partial charge in [-0.1, -0.05) is 12.5 Å². The molecule has 1 atom stereocenters. The maximum absolute atomic E-state index is 5.56. The third-order valence-corrected chi connectivity index (χ3v) is 4.24. The lowest BCUT2D eigenvalue weighted by Crippen LogP contribution is -2.29. The van der Waals surface area contributed by atoms with Crippen molar-refractivity contribution in [3.8, 4) is 5.75 Å². The zero-order valence-electron chi connectivity index (χ0n) is 13.4. The number of likely N-dealkylation sites (tertiary alicyclic amines) is 1. The van der Waals surface area contributed by atoms with Gasteiger partial charge in [0.2, 0.25) is 0 Å². The fourth-order valence-corrected chi connectivity index (χ4v) is 2.97. The standard InChI is InChI=1S/C17H29N3O/c1-14(19-9-8-18)15-6-7-17(21-2)16(12-15)13-20-10-4-3-5-11-20/h6-7,12,14,19H,3-5,8-11,13,18H2,1-2H3. The molecule has 1 aliphatic rings. The fraction of sp³-hybridized carbons (Fsp3) is 0.647. The molecular weight excluding hydrogens is 262 g/mol. The summed E-state index contributed by atoms with van der Waals surface area (Å²) < 4.78 is 5.54. The molecule has 4 heteroatoms. The molecule has 21 heavy (non-hydrogen) atoms. The Kier molecular flexibility index (Phi) is 6.49. The molecule has 1 aromatic rings. The second-order valence-corrected chi connectivity index (χ2v) is 5.87. The summed E-state index contributed by atoms with van der Waals surface area (Å²) in [5, 5.41) is 3.44. The van der Waals surface area contributed by atoms with E-state index in [9.17, 15) is 0 Å². The summed E-state index contributed by atoms with van der Waals surface area (Å²) in [5.41, 5.74) is 8.16. The molecule has 0 bridgehead atoms. The van der Waals surface area contributed by atoms with Crippen LogP contribution in [-0.2, 0) is 6.54 Å². The predicted octanol–water partition coefficient (Wildman–Crippen LogP) is 2.29. The minimum atomic E-state index is 0.319. The zero-order chi connectivity index (χ0) is 15.1. The fourth-order valence-electron chi connectivity index (χ4n) is 2.97. The molecule has 3 N–H and O–H groups in total. The second kappa shape index (κ2) is 8.37. The van der Waals surface area contributed by atoms with E-state index in [4.69, 9.17) is 10.5 Å². The number of ether oxygens (including phenoxy) is 1. The molecule has 0 radical (unpaired) electrons. The molecule has 1 unspecified atom stereocenters. The Hall–Kier alpha value is -1.10. The Labute approximate surface area is 128 Å². The molecule has 1 aromatic carbocycles. The van der Waals surface area contributed by atoms with Gasteiger partial charge in [-0.05, 0) is 50.6 Å². The number of hydrogen-bond donors (Lipinski definition) is 2. The van der Waals surface area contributed by atoms with Gasteiger partial charge in [0, 0.05) is 31.2 Å². The molecule has 2 rings (SSSR count). The first-order valence-corrected chi connectivity index (χ1v) is 8.07. The quantitative estimate of drug-likeness (QED) is 0.809. The molecular formula is C17H29N3O. The Morgan fingerprint density at radius 2 is 2.05 bits per heavy atom. The van der Waals surface area contributed by atoms with Gasteiger partial charge in [0.25, 0.3) is 0 Å². The maximum atomic E-state index is 5.56. The average Bonchev–Trinajstić information content (AvgIpc) is 2.53. The molecule has 4 nitrogen and oxygen atoms in total. The van der Waals surface area contributed by atoms with Gasteiger partial charge in [-0.15, -0.1) is 0 Å². The van der Waals surface area contributed by atoms with Gasteiger partial charge in [-0.3, -0.25) is 4.90 Å². The summed E-state index contributed by atoms with van der Waals surface area (Å²) in [5.74, 6) is 0.996. The van der Waals surface area contributed by atoms with Gasteiger partial charge in [0.1, 0.15) is 5.75 Å². The van der Waals surface area contributed by atoms with E-state index in [1.807, 2.05) is 0 Å². The largest absolute Gasteiger partial charge is 0.496 e. The number of methoxy groups -OCH3 is 1. The topological polar surface area (TPSA) is 50.5 Å². The Morgan fingerprint density at radius 1 is 1.29 bits per heavy atom. The van der Waals surface area contributed by atoms with E-state index in [2.05, 4.69) is 35.3 Å². The lowest BCUT2D eigenvalue weighted by Gasteiger charge is -2.27. The van der Waals surface area contributed by atoms with E-state index < -0.39 is 0 Å². The van der Waals surface area contributed by atoms with Gasteiger partial charge in [0.15, 0.2) is 0 Å². The van der Waals surface area contributed by atoms with E-state index in [0.717, 1.165) is 18.8 Å². The number of nitrogens with two attached hydrogens (primary N) is 1. The highest BCUT2D eigenvalue weighted by Gasteiger charge is 2.14. The lowest BCUT2D eigenvalue weighted by molar-refractivity contribution is 0.218. The third-order valence-electron chi connectivity index (χ3n) is 4.24. The highest BCUT2D eigenvalue weighted by molar-refractivity contribution is 5.38. The van der Waals surface area contributed by atoms with Gasteiger partial charge >= 0.3 is 0 Å². The summed E-state index contributed by atoms with van der Waals surface area (Å²) in [7, 11) is 1.75. The van der Waals surface area contributed by atoms with Crippen LogP contribution >= 0.6 is 0 Å². The summed E-state index contributed by atoms with van der Waals surface area (Å²) in [6, 6.07) is 6.84. The van der Waals surface area contributed by atoms with Crippen LogP contribution in [0.2, 0.25) is 0 Å². The third kappa shape index (κ3) is 4.70. The second-order valence-electron chi connectivity index (χ2n) is 5.87. The average molecular weight is 291 g/mol. The molecule has 1 aliphatic heterocycles. The van der Waals surface area contributed by atoms with Crippen LogP contribution in [0.3, 0.4) is 0 Å². The van der Waals surface area contributed by atoms with Crippen LogP contribution in [0.15, 0.2) is 18.2 Å². The first kappa shape index (κ1) is 16.3. The van der Waals surface area contributed by atoms with Crippen LogP contribution in [0.5, 0.6) is 5.75 Å². The van der Waals surface area contributed by atoms with Gasteiger partial charge in [-0.25, -0.2) is 0 Å². The van der Waals surface area contributed by atoms with Crippen LogP contribution in [0.1, 0.15) is 43.4 Å². The number of benzene rings is 1. The molecule has 0 saturated carbocycles. The smallest absolute Gasteiger partial charge is 0.123 e. The number of nitrogens with zero attached hydrogens (tertiary/aromatic N) is 1. The van der Waals surface area contributed by atoms with Crippen molar-refractivity contribution in [2.75, 3.05) is 33.3 Å². The van der Waals surface area contributed by atoms with Crippen molar-refractivity contribution in [2.45, 2.75) is 38.8 Å². The lowest BCUT2D eigenvalue weighted by atomic mass is 10.0. The first-order chi connectivity index (χ1) is 10.2. The molecule has 0 spiro atoms.